The lowest BCUT2D eigenvalue weighted by Crippen LogP contribution is -2.38. The second-order valence-corrected chi connectivity index (χ2v) is 9.32. The molecule has 1 aliphatic rings. The summed E-state index contributed by atoms with van der Waals surface area (Å²) >= 11 is 5.94. The zero-order valence-corrected chi connectivity index (χ0v) is 17.4. The molecule has 0 unspecified atom stereocenters. The Morgan fingerprint density at radius 1 is 0.900 bits per heavy atom. The third-order valence-electron chi connectivity index (χ3n) is 4.89. The van der Waals surface area contributed by atoms with Gasteiger partial charge in [0.15, 0.2) is 0 Å². The largest absolute Gasteiger partial charge is 0.305 e. The minimum absolute atomic E-state index is 0.0428. The molecule has 0 spiro atoms. The highest BCUT2D eigenvalue weighted by atomic mass is 35.5. The number of para-hydroxylation sites is 1. The van der Waals surface area contributed by atoms with Gasteiger partial charge in [0.05, 0.1) is 18.8 Å². The van der Waals surface area contributed by atoms with Crippen molar-refractivity contribution in [1.82, 2.24) is 4.31 Å². The number of halogens is 2. The predicted molar refractivity (Wildman–Crippen MR) is 113 cm³/mol. The van der Waals surface area contributed by atoms with Gasteiger partial charge in [0.1, 0.15) is 10.7 Å². The maximum Gasteiger partial charge on any atom is 0.245 e. The van der Waals surface area contributed by atoms with Gasteiger partial charge in [0.2, 0.25) is 15.9 Å². The Morgan fingerprint density at radius 2 is 1.63 bits per heavy atom. The molecule has 3 aromatic rings. The van der Waals surface area contributed by atoms with Crippen molar-refractivity contribution in [3.05, 3.63) is 94.8 Å². The highest BCUT2D eigenvalue weighted by Crippen LogP contribution is 2.33. The van der Waals surface area contributed by atoms with Crippen LogP contribution in [0.1, 0.15) is 11.1 Å². The average Bonchev–Trinajstić information content (AvgIpc) is 2.79. The van der Waals surface area contributed by atoms with E-state index in [0.29, 0.717) is 16.3 Å². The molecule has 3 aromatic carbocycles. The lowest BCUT2D eigenvalue weighted by Gasteiger charge is -2.22. The van der Waals surface area contributed by atoms with Crippen LogP contribution in [0.15, 0.2) is 77.7 Å². The van der Waals surface area contributed by atoms with Crippen molar-refractivity contribution in [3.63, 3.8) is 0 Å². The fourth-order valence-corrected chi connectivity index (χ4v) is 5.12. The predicted octanol–water partition coefficient (Wildman–Crippen LogP) is 4.22. The Bertz CT molecular complexity index is 1200. The van der Waals surface area contributed by atoms with Gasteiger partial charge in [0, 0.05) is 11.6 Å². The summed E-state index contributed by atoms with van der Waals surface area (Å²) in [5, 5.41) is 0.574. The van der Waals surface area contributed by atoms with E-state index in [0.717, 1.165) is 9.87 Å². The molecule has 5 nitrogen and oxygen atoms in total. The van der Waals surface area contributed by atoms with Crippen LogP contribution in [0.2, 0.25) is 5.02 Å². The molecule has 0 radical (unpaired) electrons. The maximum atomic E-state index is 13.6. The highest BCUT2D eigenvalue weighted by Gasteiger charge is 2.36. The van der Waals surface area contributed by atoms with Crippen LogP contribution in [0.4, 0.5) is 10.1 Å². The van der Waals surface area contributed by atoms with Gasteiger partial charge in [-0.1, -0.05) is 48.0 Å². The van der Waals surface area contributed by atoms with E-state index in [4.69, 9.17) is 11.6 Å². The van der Waals surface area contributed by atoms with Crippen molar-refractivity contribution in [2.75, 3.05) is 11.4 Å². The van der Waals surface area contributed by atoms with Gasteiger partial charge < -0.3 is 4.90 Å². The van der Waals surface area contributed by atoms with E-state index in [1.165, 1.54) is 29.2 Å². The molecule has 0 atom stereocenters. The van der Waals surface area contributed by atoms with Crippen LogP contribution in [0.3, 0.4) is 0 Å². The van der Waals surface area contributed by atoms with E-state index < -0.39 is 15.8 Å². The molecule has 1 aliphatic heterocycles. The number of hydrogen-bond donors (Lipinski definition) is 0. The van der Waals surface area contributed by atoms with Crippen molar-refractivity contribution in [2.24, 2.45) is 0 Å². The summed E-state index contributed by atoms with van der Waals surface area (Å²) in [4.78, 5) is 14.6. The van der Waals surface area contributed by atoms with Crippen molar-refractivity contribution < 1.29 is 17.6 Å². The quantitative estimate of drug-likeness (QED) is 0.605. The number of anilines is 1. The zero-order chi connectivity index (χ0) is 21.3. The van der Waals surface area contributed by atoms with Gasteiger partial charge in [-0.15, -0.1) is 0 Å². The second-order valence-electron chi connectivity index (χ2n) is 6.98. The molecular weight excluding hydrogens is 427 g/mol. The molecule has 0 saturated carbocycles. The molecule has 1 heterocycles. The SMILES string of the molecule is O=C1CN(Cc2cccc(F)c2)S(=O)(=O)c2ccccc2N1Cc1ccc(Cl)cc1. The molecule has 4 rings (SSSR count). The number of benzene rings is 3. The Balaban J connectivity index is 1.74. The fraction of sp³-hybridized carbons (Fsp3) is 0.136. The number of sulfonamides is 1. The first-order valence-corrected chi connectivity index (χ1v) is 11.0. The first-order chi connectivity index (χ1) is 14.3. The van der Waals surface area contributed by atoms with Crippen LogP contribution >= 0.6 is 11.6 Å². The molecule has 0 aliphatic carbocycles. The summed E-state index contributed by atoms with van der Waals surface area (Å²) in [6, 6.07) is 19.1. The highest BCUT2D eigenvalue weighted by molar-refractivity contribution is 7.89. The number of amides is 1. The molecule has 0 bridgehead atoms. The topological polar surface area (TPSA) is 57.7 Å². The summed E-state index contributed by atoms with van der Waals surface area (Å²) in [5.41, 5.74) is 1.60. The Kier molecular flexibility index (Phi) is 5.60. The molecule has 1 amide bonds. The van der Waals surface area contributed by atoms with Crippen LogP contribution in [-0.4, -0.2) is 25.2 Å². The van der Waals surface area contributed by atoms with Crippen molar-refractivity contribution in [1.29, 1.82) is 0 Å². The minimum Gasteiger partial charge on any atom is -0.305 e. The van der Waals surface area contributed by atoms with Gasteiger partial charge >= 0.3 is 0 Å². The van der Waals surface area contributed by atoms with Crippen LogP contribution in [0.25, 0.3) is 0 Å². The molecule has 8 heteroatoms. The summed E-state index contributed by atoms with van der Waals surface area (Å²) in [5.74, 6) is -0.828. The number of fused-ring (bicyclic) bond motifs is 1. The number of carbonyl (C=O) groups excluding carboxylic acids is 1. The molecule has 154 valence electrons. The molecule has 0 fully saturated rings. The molecular formula is C22H18ClFN2O3S. The summed E-state index contributed by atoms with van der Waals surface area (Å²) in [6.45, 7) is -0.244. The molecule has 30 heavy (non-hydrogen) atoms. The van der Waals surface area contributed by atoms with Crippen LogP contribution in [0, 0.1) is 5.82 Å². The lowest BCUT2D eigenvalue weighted by atomic mass is 10.2. The van der Waals surface area contributed by atoms with E-state index in [1.54, 1.807) is 48.5 Å². The Morgan fingerprint density at radius 3 is 2.37 bits per heavy atom. The van der Waals surface area contributed by atoms with Crippen LogP contribution < -0.4 is 4.90 Å². The van der Waals surface area contributed by atoms with Crippen LogP contribution in [0.5, 0.6) is 0 Å². The van der Waals surface area contributed by atoms with Gasteiger partial charge in [0.25, 0.3) is 0 Å². The first kappa shape index (κ1) is 20.5. The third kappa shape index (κ3) is 4.09. The standard InChI is InChI=1S/C22H18ClFN2O3S/c23-18-10-8-16(9-11-18)14-26-20-6-1-2-7-21(20)30(28,29)25(15-22(26)27)13-17-4-3-5-19(24)12-17/h1-12H,13-15H2. The van der Waals surface area contributed by atoms with E-state index >= 15 is 0 Å². The molecule has 0 N–H and O–H groups in total. The van der Waals surface area contributed by atoms with Crippen molar-refractivity contribution in [3.8, 4) is 0 Å². The zero-order valence-electron chi connectivity index (χ0n) is 15.8. The van der Waals surface area contributed by atoms with Crippen LogP contribution in [-0.2, 0) is 27.9 Å². The fourth-order valence-electron chi connectivity index (χ4n) is 3.42. The maximum absolute atomic E-state index is 13.6. The summed E-state index contributed by atoms with van der Waals surface area (Å²) in [7, 11) is -3.97. The minimum atomic E-state index is -3.97. The number of hydrogen-bond acceptors (Lipinski definition) is 3. The van der Waals surface area contributed by atoms with E-state index in [9.17, 15) is 17.6 Å². The number of nitrogens with zero attached hydrogens (tertiary/aromatic N) is 2. The van der Waals surface area contributed by atoms with Gasteiger partial charge in [-0.05, 0) is 47.5 Å². The van der Waals surface area contributed by atoms with Gasteiger partial charge in [-0.2, -0.15) is 4.31 Å². The van der Waals surface area contributed by atoms with Gasteiger partial charge in [-0.3, -0.25) is 4.79 Å². The lowest BCUT2D eigenvalue weighted by molar-refractivity contribution is -0.119. The molecule has 0 saturated heterocycles. The second kappa shape index (κ2) is 8.18. The van der Waals surface area contributed by atoms with Crippen molar-refractivity contribution in [2.45, 2.75) is 18.0 Å². The summed E-state index contributed by atoms with van der Waals surface area (Å²) < 4.78 is 41.4. The Hall–Kier alpha value is -2.74. The van der Waals surface area contributed by atoms with Crippen molar-refractivity contribution >= 4 is 33.2 Å². The monoisotopic (exact) mass is 444 g/mol. The summed E-state index contributed by atoms with van der Waals surface area (Å²) in [6.07, 6.45) is 0. The van der Waals surface area contributed by atoms with Gasteiger partial charge in [-0.25, -0.2) is 12.8 Å². The average molecular weight is 445 g/mol. The number of carbonyl (C=O) groups is 1. The number of rotatable bonds is 4. The smallest absolute Gasteiger partial charge is 0.245 e. The van der Waals surface area contributed by atoms with E-state index in [2.05, 4.69) is 0 Å². The van der Waals surface area contributed by atoms with E-state index in [1.807, 2.05) is 0 Å². The molecule has 0 aromatic heterocycles. The third-order valence-corrected chi connectivity index (χ3v) is 6.98. The Labute approximate surface area is 179 Å². The normalized spacial score (nSPS) is 16.2. The first-order valence-electron chi connectivity index (χ1n) is 9.23. The van der Waals surface area contributed by atoms with E-state index in [-0.39, 0.29) is 30.4 Å².